The molecule has 0 bridgehead atoms. The van der Waals surface area contributed by atoms with Crippen molar-refractivity contribution in [1.29, 1.82) is 0 Å². The van der Waals surface area contributed by atoms with Crippen LogP contribution in [0.2, 0.25) is 0 Å². The molecule has 0 aliphatic carbocycles. The fourth-order valence-electron chi connectivity index (χ4n) is 2.17. The first kappa shape index (κ1) is 12.2. The summed E-state index contributed by atoms with van der Waals surface area (Å²) < 4.78 is 0. The summed E-state index contributed by atoms with van der Waals surface area (Å²) in [7, 11) is 0. The number of hydrogen-bond acceptors (Lipinski definition) is 4. The Hall–Kier alpha value is -2.88. The van der Waals surface area contributed by atoms with Gasteiger partial charge in [0.05, 0.1) is 0 Å². The van der Waals surface area contributed by atoms with E-state index in [1.54, 1.807) is 12.3 Å². The summed E-state index contributed by atoms with van der Waals surface area (Å²) in [6.07, 6.45) is 2.24. The highest BCUT2D eigenvalue weighted by Gasteiger charge is 2.12. The van der Waals surface area contributed by atoms with E-state index in [-0.39, 0.29) is 17.0 Å². The van der Waals surface area contributed by atoms with Gasteiger partial charge in [-0.05, 0) is 17.7 Å². The Labute approximate surface area is 115 Å². The summed E-state index contributed by atoms with van der Waals surface area (Å²) in [5.74, 6) is -0.662. The van der Waals surface area contributed by atoms with Crippen LogP contribution in [0.15, 0.2) is 48.7 Å². The van der Waals surface area contributed by atoms with E-state index >= 15 is 0 Å². The molecule has 1 heterocycles. The number of benzene rings is 2. The molecule has 1 aromatic heterocycles. The van der Waals surface area contributed by atoms with E-state index in [1.165, 1.54) is 6.07 Å². The maximum Gasteiger partial charge on any atom is 0.184 e. The Kier molecular flexibility index (Phi) is 2.84. The molecule has 20 heavy (non-hydrogen) atoms. The number of carbonyl (C=O) groups is 1. The maximum absolute atomic E-state index is 11.1. The zero-order chi connectivity index (χ0) is 14.1. The third-order valence-electron chi connectivity index (χ3n) is 3.19. The summed E-state index contributed by atoms with van der Waals surface area (Å²) in [5.41, 5.74) is 2.31. The van der Waals surface area contributed by atoms with E-state index in [0.717, 1.165) is 11.1 Å². The van der Waals surface area contributed by atoms with Crippen molar-refractivity contribution in [3.8, 4) is 22.6 Å². The predicted octanol–water partition coefficient (Wildman–Crippen LogP) is 3.13. The van der Waals surface area contributed by atoms with E-state index in [0.29, 0.717) is 17.2 Å². The molecule has 98 valence electrons. The van der Waals surface area contributed by atoms with Gasteiger partial charge in [-0.3, -0.25) is 9.78 Å². The number of aldehydes is 1. The molecule has 0 amide bonds. The average molecular weight is 265 g/mol. The monoisotopic (exact) mass is 265 g/mol. The molecule has 0 spiro atoms. The Morgan fingerprint density at radius 2 is 1.75 bits per heavy atom. The highest BCUT2D eigenvalue weighted by molar-refractivity contribution is 6.01. The Morgan fingerprint density at radius 1 is 1.00 bits per heavy atom. The number of hydrogen-bond donors (Lipinski definition) is 2. The molecule has 0 unspecified atom stereocenters. The number of aromatic hydroxyl groups is 2. The average Bonchev–Trinajstić information content (AvgIpc) is 2.51. The summed E-state index contributed by atoms with van der Waals surface area (Å²) >= 11 is 0. The van der Waals surface area contributed by atoms with Gasteiger partial charge in [0.15, 0.2) is 17.8 Å². The van der Waals surface area contributed by atoms with Crippen LogP contribution in [0.1, 0.15) is 10.4 Å². The lowest BCUT2D eigenvalue weighted by Gasteiger charge is -2.08. The molecule has 3 rings (SSSR count). The Morgan fingerprint density at radius 3 is 2.45 bits per heavy atom. The van der Waals surface area contributed by atoms with Gasteiger partial charge in [0.25, 0.3) is 0 Å². The summed E-state index contributed by atoms with van der Waals surface area (Å²) in [5, 5.41) is 19.9. The van der Waals surface area contributed by atoms with Crippen LogP contribution in [0.4, 0.5) is 0 Å². The number of fused-ring (bicyclic) bond motifs is 1. The van der Waals surface area contributed by atoms with Crippen LogP contribution in [0.25, 0.3) is 22.0 Å². The predicted molar refractivity (Wildman–Crippen MR) is 75.9 cm³/mol. The minimum atomic E-state index is -0.348. The zero-order valence-electron chi connectivity index (χ0n) is 10.4. The summed E-state index contributed by atoms with van der Waals surface area (Å²) in [6.45, 7) is 0. The van der Waals surface area contributed by atoms with Crippen molar-refractivity contribution in [2.45, 2.75) is 0 Å². The second-order valence-corrected chi connectivity index (χ2v) is 4.44. The number of aromatic nitrogens is 1. The number of carbonyl (C=O) groups excluding carboxylic acids is 1. The van der Waals surface area contributed by atoms with E-state index in [1.807, 2.05) is 30.3 Å². The minimum absolute atomic E-state index is 0.215. The number of nitrogens with zero attached hydrogens (tertiary/aromatic N) is 1. The van der Waals surface area contributed by atoms with Crippen molar-refractivity contribution in [3.05, 3.63) is 54.2 Å². The molecule has 0 radical (unpaired) electrons. The van der Waals surface area contributed by atoms with Crippen LogP contribution in [0, 0.1) is 0 Å². The van der Waals surface area contributed by atoms with E-state index in [2.05, 4.69) is 4.98 Å². The molecular formula is C16H11NO3. The standard InChI is InChI=1S/C16H11NO3/c18-9-12-7-14(19)16(20)15-13(12)6-11(8-17-15)10-4-2-1-3-5-10/h1-9,19-20H. The lowest BCUT2D eigenvalue weighted by molar-refractivity contribution is 0.112. The molecule has 0 aliphatic heterocycles. The third-order valence-corrected chi connectivity index (χ3v) is 3.19. The molecule has 0 saturated heterocycles. The van der Waals surface area contributed by atoms with Crippen LogP contribution in [-0.4, -0.2) is 21.5 Å². The molecule has 0 saturated carbocycles. The van der Waals surface area contributed by atoms with Crippen LogP contribution < -0.4 is 0 Å². The van der Waals surface area contributed by atoms with Gasteiger partial charge in [0.1, 0.15) is 5.52 Å². The maximum atomic E-state index is 11.1. The van der Waals surface area contributed by atoms with Gasteiger partial charge in [0.2, 0.25) is 0 Å². The molecule has 0 atom stereocenters. The van der Waals surface area contributed by atoms with Crippen LogP contribution in [-0.2, 0) is 0 Å². The zero-order valence-corrected chi connectivity index (χ0v) is 10.4. The minimum Gasteiger partial charge on any atom is -0.504 e. The van der Waals surface area contributed by atoms with E-state index in [4.69, 9.17) is 0 Å². The van der Waals surface area contributed by atoms with Crippen LogP contribution in [0.5, 0.6) is 11.5 Å². The molecule has 0 fully saturated rings. The Balaban J connectivity index is 2.31. The second kappa shape index (κ2) is 4.66. The summed E-state index contributed by atoms with van der Waals surface area (Å²) in [4.78, 5) is 15.3. The number of phenolic OH excluding ortho intramolecular Hbond substituents is 2. The quantitative estimate of drug-likeness (QED) is 0.551. The Bertz CT molecular complexity index is 798. The molecule has 3 aromatic rings. The van der Waals surface area contributed by atoms with Gasteiger partial charge in [-0.1, -0.05) is 30.3 Å². The van der Waals surface area contributed by atoms with E-state index in [9.17, 15) is 15.0 Å². The van der Waals surface area contributed by atoms with Crippen LogP contribution >= 0.6 is 0 Å². The molecular weight excluding hydrogens is 254 g/mol. The van der Waals surface area contributed by atoms with Crippen LogP contribution in [0.3, 0.4) is 0 Å². The fourth-order valence-corrected chi connectivity index (χ4v) is 2.17. The molecule has 2 aromatic carbocycles. The van der Waals surface area contributed by atoms with Gasteiger partial charge in [-0.15, -0.1) is 0 Å². The molecule has 4 nitrogen and oxygen atoms in total. The first-order valence-corrected chi connectivity index (χ1v) is 6.06. The van der Waals surface area contributed by atoms with Gasteiger partial charge < -0.3 is 10.2 Å². The normalized spacial score (nSPS) is 10.6. The van der Waals surface area contributed by atoms with Crippen molar-refractivity contribution in [1.82, 2.24) is 4.98 Å². The van der Waals surface area contributed by atoms with Crippen molar-refractivity contribution >= 4 is 17.2 Å². The smallest absolute Gasteiger partial charge is 0.184 e. The van der Waals surface area contributed by atoms with E-state index < -0.39 is 0 Å². The SMILES string of the molecule is O=Cc1cc(O)c(O)c2ncc(-c3ccccc3)cc12. The molecule has 2 N–H and O–H groups in total. The van der Waals surface area contributed by atoms with Gasteiger partial charge in [0, 0.05) is 22.7 Å². The first-order chi connectivity index (χ1) is 9.70. The highest BCUT2D eigenvalue weighted by Crippen LogP contribution is 2.35. The lowest BCUT2D eigenvalue weighted by Crippen LogP contribution is -1.89. The first-order valence-electron chi connectivity index (χ1n) is 6.06. The molecule has 4 heteroatoms. The lowest BCUT2D eigenvalue weighted by atomic mass is 10.0. The van der Waals surface area contributed by atoms with Gasteiger partial charge in [-0.2, -0.15) is 0 Å². The van der Waals surface area contributed by atoms with Crippen molar-refractivity contribution in [3.63, 3.8) is 0 Å². The number of pyridine rings is 1. The van der Waals surface area contributed by atoms with Crippen molar-refractivity contribution < 1.29 is 15.0 Å². The largest absolute Gasteiger partial charge is 0.504 e. The third kappa shape index (κ3) is 1.87. The fraction of sp³-hybridized carbons (Fsp3) is 0. The van der Waals surface area contributed by atoms with Crippen molar-refractivity contribution in [2.75, 3.05) is 0 Å². The van der Waals surface area contributed by atoms with Gasteiger partial charge >= 0.3 is 0 Å². The number of phenols is 2. The van der Waals surface area contributed by atoms with Gasteiger partial charge in [-0.25, -0.2) is 0 Å². The van der Waals surface area contributed by atoms with Crippen molar-refractivity contribution in [2.24, 2.45) is 0 Å². The number of rotatable bonds is 2. The second-order valence-electron chi connectivity index (χ2n) is 4.44. The molecule has 0 aliphatic rings. The highest BCUT2D eigenvalue weighted by atomic mass is 16.3. The summed E-state index contributed by atoms with van der Waals surface area (Å²) in [6, 6.07) is 12.6. The topological polar surface area (TPSA) is 70.4 Å².